The van der Waals surface area contributed by atoms with Crippen LogP contribution in [-0.2, 0) is 11.2 Å². The average molecular weight is 193 g/mol. The van der Waals surface area contributed by atoms with Crippen molar-refractivity contribution < 1.29 is 9.72 Å². The third kappa shape index (κ3) is 2.39. The van der Waals surface area contributed by atoms with Crippen LogP contribution in [-0.4, -0.2) is 11.2 Å². The minimum absolute atomic E-state index is 0.0949. The average Bonchev–Trinajstić information content (AvgIpc) is 2.14. The molecule has 0 aliphatic heterocycles. The Morgan fingerprint density at radius 1 is 1.50 bits per heavy atom. The summed E-state index contributed by atoms with van der Waals surface area (Å²) < 4.78 is 0. The normalized spacial score (nSPS) is 9.79. The molecule has 1 aromatic rings. The van der Waals surface area contributed by atoms with Crippen LogP contribution < -0.4 is 0 Å². The lowest BCUT2D eigenvalue weighted by Crippen LogP contribution is -1.96. The van der Waals surface area contributed by atoms with Gasteiger partial charge in [0.1, 0.15) is 6.29 Å². The maximum atomic E-state index is 10.6. The molecular weight excluding hydrogens is 182 g/mol. The Bertz CT molecular complexity index is 360. The molecule has 0 heterocycles. The fraction of sp³-hybridized carbons (Fsp3) is 0.300. The van der Waals surface area contributed by atoms with Crippen LogP contribution in [0.4, 0.5) is 5.69 Å². The molecule has 0 aromatic heterocycles. The predicted octanol–water partition coefficient (Wildman–Crippen LogP) is 2.03. The molecule has 0 saturated carbocycles. The first kappa shape index (κ1) is 10.4. The number of carbonyl (C=O) groups excluding carboxylic acids is 1. The van der Waals surface area contributed by atoms with E-state index < -0.39 is 4.92 Å². The summed E-state index contributed by atoms with van der Waals surface area (Å²) in [5.74, 6) is 0. The number of nitro benzene ring substituents is 1. The summed E-state index contributed by atoms with van der Waals surface area (Å²) in [6.45, 7) is 1.87. The highest BCUT2D eigenvalue weighted by Crippen LogP contribution is 2.20. The van der Waals surface area contributed by atoms with Crippen molar-refractivity contribution in [1.82, 2.24) is 0 Å². The lowest BCUT2D eigenvalue weighted by Gasteiger charge is -2.01. The SMILES string of the molecule is Cc1ccc([N+](=O)[O-])c(CCC=O)c1. The van der Waals surface area contributed by atoms with Gasteiger partial charge in [-0.3, -0.25) is 10.1 Å². The molecule has 0 aliphatic rings. The zero-order valence-electron chi connectivity index (χ0n) is 7.90. The molecule has 0 atom stereocenters. The van der Waals surface area contributed by atoms with Crippen LogP contribution >= 0.6 is 0 Å². The van der Waals surface area contributed by atoms with E-state index in [9.17, 15) is 14.9 Å². The van der Waals surface area contributed by atoms with Crippen molar-refractivity contribution in [3.05, 3.63) is 39.4 Å². The summed E-state index contributed by atoms with van der Waals surface area (Å²) in [5.41, 5.74) is 1.69. The molecule has 74 valence electrons. The van der Waals surface area contributed by atoms with E-state index in [-0.39, 0.29) is 5.69 Å². The van der Waals surface area contributed by atoms with Gasteiger partial charge in [0.05, 0.1) is 4.92 Å². The van der Waals surface area contributed by atoms with Gasteiger partial charge >= 0.3 is 0 Å². The highest BCUT2D eigenvalue weighted by atomic mass is 16.6. The minimum Gasteiger partial charge on any atom is -0.303 e. The highest BCUT2D eigenvalue weighted by Gasteiger charge is 2.12. The van der Waals surface area contributed by atoms with Gasteiger partial charge in [-0.1, -0.05) is 11.6 Å². The van der Waals surface area contributed by atoms with Crippen LogP contribution in [0.25, 0.3) is 0 Å². The molecular formula is C10H11NO3. The zero-order valence-corrected chi connectivity index (χ0v) is 7.90. The number of aldehydes is 1. The number of hydrogen-bond acceptors (Lipinski definition) is 3. The molecule has 0 spiro atoms. The molecule has 0 bridgehead atoms. The zero-order chi connectivity index (χ0) is 10.6. The first-order chi connectivity index (χ1) is 6.65. The number of nitro groups is 1. The van der Waals surface area contributed by atoms with Gasteiger partial charge in [-0.2, -0.15) is 0 Å². The molecule has 0 N–H and O–H groups in total. The van der Waals surface area contributed by atoms with Gasteiger partial charge in [-0.05, 0) is 19.4 Å². The van der Waals surface area contributed by atoms with Crippen LogP contribution in [0, 0.1) is 17.0 Å². The Balaban J connectivity index is 3.02. The lowest BCUT2D eigenvalue weighted by molar-refractivity contribution is -0.385. The van der Waals surface area contributed by atoms with Crippen molar-refractivity contribution in [3.8, 4) is 0 Å². The minimum atomic E-state index is -0.417. The summed E-state index contributed by atoms with van der Waals surface area (Å²) in [4.78, 5) is 20.4. The van der Waals surface area contributed by atoms with E-state index >= 15 is 0 Å². The van der Waals surface area contributed by atoms with Crippen LogP contribution in [0.5, 0.6) is 0 Å². The van der Waals surface area contributed by atoms with E-state index in [2.05, 4.69) is 0 Å². The van der Waals surface area contributed by atoms with Crippen molar-refractivity contribution in [2.24, 2.45) is 0 Å². The molecule has 14 heavy (non-hydrogen) atoms. The number of hydrogen-bond donors (Lipinski definition) is 0. The van der Waals surface area contributed by atoms with Crippen molar-refractivity contribution >= 4 is 12.0 Å². The molecule has 0 fully saturated rings. The van der Waals surface area contributed by atoms with Gasteiger partial charge in [-0.25, -0.2) is 0 Å². The molecule has 0 unspecified atom stereocenters. The largest absolute Gasteiger partial charge is 0.303 e. The van der Waals surface area contributed by atoms with E-state index in [4.69, 9.17) is 0 Å². The molecule has 0 aliphatic carbocycles. The molecule has 0 radical (unpaired) electrons. The first-order valence-corrected chi connectivity index (χ1v) is 4.32. The quantitative estimate of drug-likeness (QED) is 0.417. The summed E-state index contributed by atoms with van der Waals surface area (Å²) in [5, 5.41) is 10.6. The van der Waals surface area contributed by atoms with E-state index in [1.807, 2.05) is 6.92 Å². The molecule has 1 rings (SSSR count). The predicted molar refractivity (Wildman–Crippen MR) is 52.2 cm³/mol. The Morgan fingerprint density at radius 2 is 2.21 bits per heavy atom. The number of carbonyl (C=O) groups is 1. The summed E-state index contributed by atoms with van der Waals surface area (Å²) in [6, 6.07) is 4.93. The molecule has 0 amide bonds. The second-order valence-electron chi connectivity index (χ2n) is 3.09. The molecule has 4 nitrogen and oxygen atoms in total. The van der Waals surface area contributed by atoms with Gasteiger partial charge in [0.25, 0.3) is 5.69 Å². The van der Waals surface area contributed by atoms with Crippen LogP contribution in [0.3, 0.4) is 0 Å². The third-order valence-corrected chi connectivity index (χ3v) is 1.96. The first-order valence-electron chi connectivity index (χ1n) is 4.32. The van der Waals surface area contributed by atoms with Gasteiger partial charge in [0.2, 0.25) is 0 Å². The smallest absolute Gasteiger partial charge is 0.272 e. The van der Waals surface area contributed by atoms with Crippen molar-refractivity contribution in [2.75, 3.05) is 0 Å². The number of nitrogens with zero attached hydrogens (tertiary/aromatic N) is 1. The number of benzene rings is 1. The van der Waals surface area contributed by atoms with E-state index in [0.29, 0.717) is 18.4 Å². The fourth-order valence-electron chi connectivity index (χ4n) is 1.31. The van der Waals surface area contributed by atoms with Crippen LogP contribution in [0.2, 0.25) is 0 Å². The Kier molecular flexibility index (Phi) is 3.34. The van der Waals surface area contributed by atoms with Crippen molar-refractivity contribution in [2.45, 2.75) is 19.8 Å². The van der Waals surface area contributed by atoms with Crippen LogP contribution in [0.15, 0.2) is 18.2 Å². The Hall–Kier alpha value is -1.71. The van der Waals surface area contributed by atoms with E-state index in [0.717, 1.165) is 11.8 Å². The summed E-state index contributed by atoms with van der Waals surface area (Å²) in [7, 11) is 0. The lowest BCUT2D eigenvalue weighted by atomic mass is 10.1. The maximum absolute atomic E-state index is 10.6. The second kappa shape index (κ2) is 4.50. The Morgan fingerprint density at radius 3 is 2.79 bits per heavy atom. The molecule has 4 heteroatoms. The highest BCUT2D eigenvalue weighted by molar-refractivity contribution is 5.52. The van der Waals surface area contributed by atoms with E-state index in [1.54, 1.807) is 12.1 Å². The van der Waals surface area contributed by atoms with E-state index in [1.165, 1.54) is 6.07 Å². The molecule has 0 saturated heterocycles. The Labute approximate surface area is 81.7 Å². The number of aryl methyl sites for hydroxylation is 2. The van der Waals surface area contributed by atoms with Gasteiger partial charge < -0.3 is 4.79 Å². The fourth-order valence-corrected chi connectivity index (χ4v) is 1.31. The topological polar surface area (TPSA) is 60.2 Å². The summed E-state index contributed by atoms with van der Waals surface area (Å²) >= 11 is 0. The molecule has 1 aromatic carbocycles. The van der Waals surface area contributed by atoms with Crippen molar-refractivity contribution in [3.63, 3.8) is 0 Å². The maximum Gasteiger partial charge on any atom is 0.272 e. The van der Waals surface area contributed by atoms with Gasteiger partial charge in [0.15, 0.2) is 0 Å². The van der Waals surface area contributed by atoms with Gasteiger partial charge in [-0.15, -0.1) is 0 Å². The number of rotatable bonds is 4. The van der Waals surface area contributed by atoms with Crippen LogP contribution in [0.1, 0.15) is 17.5 Å². The summed E-state index contributed by atoms with van der Waals surface area (Å²) in [6.07, 6.45) is 1.53. The standard InChI is InChI=1S/C10H11NO3/c1-8-4-5-10(11(13)14)9(7-8)3-2-6-12/h4-7H,2-3H2,1H3. The third-order valence-electron chi connectivity index (χ3n) is 1.96. The van der Waals surface area contributed by atoms with Crippen molar-refractivity contribution in [1.29, 1.82) is 0 Å². The second-order valence-corrected chi connectivity index (χ2v) is 3.09. The van der Waals surface area contributed by atoms with Gasteiger partial charge in [0, 0.05) is 18.1 Å². The monoisotopic (exact) mass is 193 g/mol.